The predicted octanol–water partition coefficient (Wildman–Crippen LogP) is 0.710. The highest BCUT2D eigenvalue weighted by Crippen LogP contribution is 2.14. The van der Waals surface area contributed by atoms with Gasteiger partial charge in [0.15, 0.2) is 0 Å². The summed E-state index contributed by atoms with van der Waals surface area (Å²) in [4.78, 5) is 0. The third-order valence-corrected chi connectivity index (χ3v) is 4.89. The normalized spacial score (nSPS) is 23.2. The number of sulfonamides is 1. The molecule has 0 amide bonds. The van der Waals surface area contributed by atoms with E-state index in [1.807, 2.05) is 13.8 Å². The number of morpholine rings is 1. The average Bonchev–Trinajstić information content (AvgIpc) is 2.25. The maximum atomic E-state index is 12.1. The number of hydrogen-bond donors (Lipinski definition) is 0. The van der Waals surface area contributed by atoms with E-state index in [0.717, 1.165) is 6.42 Å². The summed E-state index contributed by atoms with van der Waals surface area (Å²) >= 11 is 0. The van der Waals surface area contributed by atoms with E-state index in [1.165, 1.54) is 0 Å². The molecule has 0 radical (unpaired) electrons. The Morgan fingerprint density at radius 3 is 2.76 bits per heavy atom. The SMILES string of the molecule is COCCC1CN(S(=O)(=O)CC(C)C)CCO1. The number of ether oxygens (including phenoxy) is 2. The molecule has 0 saturated carbocycles. The molecule has 1 aliphatic heterocycles. The molecule has 17 heavy (non-hydrogen) atoms. The van der Waals surface area contributed by atoms with Crippen LogP contribution in [0.5, 0.6) is 0 Å². The average molecular weight is 265 g/mol. The van der Waals surface area contributed by atoms with E-state index in [-0.39, 0.29) is 17.8 Å². The minimum atomic E-state index is -3.13. The fourth-order valence-electron chi connectivity index (χ4n) is 1.90. The number of nitrogens with zero attached hydrogens (tertiary/aromatic N) is 1. The minimum Gasteiger partial charge on any atom is -0.385 e. The molecule has 6 heteroatoms. The lowest BCUT2D eigenvalue weighted by atomic mass is 10.2. The highest BCUT2D eigenvalue weighted by atomic mass is 32.2. The van der Waals surface area contributed by atoms with Crippen molar-refractivity contribution in [1.29, 1.82) is 0 Å². The number of rotatable bonds is 6. The fraction of sp³-hybridized carbons (Fsp3) is 1.00. The molecule has 0 N–H and O–H groups in total. The van der Waals surface area contributed by atoms with Gasteiger partial charge in [-0.1, -0.05) is 13.8 Å². The second-order valence-electron chi connectivity index (χ2n) is 4.80. The third-order valence-electron chi connectivity index (χ3n) is 2.68. The smallest absolute Gasteiger partial charge is 0.214 e. The van der Waals surface area contributed by atoms with Crippen molar-refractivity contribution in [3.63, 3.8) is 0 Å². The Hall–Kier alpha value is -0.170. The Labute approximate surface area is 104 Å². The summed E-state index contributed by atoms with van der Waals surface area (Å²) in [6, 6.07) is 0. The van der Waals surface area contributed by atoms with Crippen LogP contribution in [0.1, 0.15) is 20.3 Å². The van der Waals surface area contributed by atoms with Gasteiger partial charge in [0.25, 0.3) is 0 Å². The molecular formula is C11H23NO4S. The molecule has 1 heterocycles. The van der Waals surface area contributed by atoms with Crippen molar-refractivity contribution in [3.05, 3.63) is 0 Å². The van der Waals surface area contributed by atoms with E-state index in [1.54, 1.807) is 11.4 Å². The lowest BCUT2D eigenvalue weighted by Crippen LogP contribution is -2.47. The van der Waals surface area contributed by atoms with E-state index >= 15 is 0 Å². The molecule has 1 rings (SSSR count). The Balaban J connectivity index is 2.53. The summed E-state index contributed by atoms with van der Waals surface area (Å²) in [5, 5.41) is 0. The second kappa shape index (κ2) is 6.68. The zero-order chi connectivity index (χ0) is 12.9. The van der Waals surface area contributed by atoms with Crippen molar-refractivity contribution >= 4 is 10.0 Å². The van der Waals surface area contributed by atoms with Crippen LogP contribution in [-0.2, 0) is 19.5 Å². The van der Waals surface area contributed by atoms with E-state index in [2.05, 4.69) is 0 Å². The van der Waals surface area contributed by atoms with Crippen LogP contribution in [0.2, 0.25) is 0 Å². The van der Waals surface area contributed by atoms with Crippen molar-refractivity contribution in [1.82, 2.24) is 4.31 Å². The summed E-state index contributed by atoms with van der Waals surface area (Å²) in [5.41, 5.74) is 0. The van der Waals surface area contributed by atoms with Gasteiger partial charge in [0, 0.05) is 26.8 Å². The lowest BCUT2D eigenvalue weighted by Gasteiger charge is -2.32. The zero-order valence-corrected chi connectivity index (χ0v) is 11.7. The molecule has 0 bridgehead atoms. The van der Waals surface area contributed by atoms with Crippen LogP contribution in [-0.4, -0.2) is 58.0 Å². The van der Waals surface area contributed by atoms with Crippen molar-refractivity contribution < 1.29 is 17.9 Å². The molecule has 1 atom stereocenters. The molecule has 102 valence electrons. The largest absolute Gasteiger partial charge is 0.385 e. The standard InChI is InChI=1S/C11H23NO4S/c1-10(2)9-17(13,14)12-5-7-16-11(8-12)4-6-15-3/h10-11H,4-9H2,1-3H3. The topological polar surface area (TPSA) is 55.8 Å². The van der Waals surface area contributed by atoms with Gasteiger partial charge in [-0.2, -0.15) is 4.31 Å². The highest BCUT2D eigenvalue weighted by molar-refractivity contribution is 7.89. The zero-order valence-electron chi connectivity index (χ0n) is 10.9. The molecule has 0 aromatic carbocycles. The fourth-order valence-corrected chi connectivity index (χ4v) is 3.69. The van der Waals surface area contributed by atoms with E-state index in [4.69, 9.17) is 9.47 Å². The van der Waals surface area contributed by atoms with Gasteiger partial charge >= 0.3 is 0 Å². The summed E-state index contributed by atoms with van der Waals surface area (Å²) in [5.74, 6) is 0.365. The van der Waals surface area contributed by atoms with Gasteiger partial charge in [0.1, 0.15) is 0 Å². The Bertz CT molecular complexity index is 315. The number of methoxy groups -OCH3 is 1. The maximum absolute atomic E-state index is 12.1. The summed E-state index contributed by atoms with van der Waals surface area (Å²) in [6.45, 7) is 5.84. The first kappa shape index (κ1) is 14.9. The molecule has 0 aromatic rings. The monoisotopic (exact) mass is 265 g/mol. The summed E-state index contributed by atoms with van der Waals surface area (Å²) < 4.78 is 36.2. The first-order chi connectivity index (χ1) is 7.95. The molecule has 0 aliphatic carbocycles. The van der Waals surface area contributed by atoms with Crippen molar-refractivity contribution in [2.24, 2.45) is 5.92 Å². The maximum Gasteiger partial charge on any atom is 0.214 e. The second-order valence-corrected chi connectivity index (χ2v) is 6.82. The van der Waals surface area contributed by atoms with Crippen molar-refractivity contribution in [2.45, 2.75) is 26.4 Å². The van der Waals surface area contributed by atoms with Crippen LogP contribution < -0.4 is 0 Å². The Kier molecular flexibility index (Phi) is 5.85. The molecule has 1 fully saturated rings. The van der Waals surface area contributed by atoms with E-state index in [0.29, 0.717) is 26.3 Å². The predicted molar refractivity (Wildman–Crippen MR) is 66.4 cm³/mol. The van der Waals surface area contributed by atoms with Gasteiger partial charge in [-0.3, -0.25) is 0 Å². The third kappa shape index (κ3) is 4.91. The van der Waals surface area contributed by atoms with Gasteiger partial charge in [0.2, 0.25) is 10.0 Å². The minimum absolute atomic E-state index is 0.0364. The van der Waals surface area contributed by atoms with Crippen molar-refractivity contribution in [3.8, 4) is 0 Å². The van der Waals surface area contributed by atoms with E-state index in [9.17, 15) is 8.42 Å². The first-order valence-corrected chi connectivity index (χ1v) is 7.65. The van der Waals surface area contributed by atoms with Gasteiger partial charge in [-0.25, -0.2) is 8.42 Å². The van der Waals surface area contributed by atoms with Crippen LogP contribution in [0.25, 0.3) is 0 Å². The van der Waals surface area contributed by atoms with Gasteiger partial charge < -0.3 is 9.47 Å². The van der Waals surface area contributed by atoms with Crippen LogP contribution in [0.3, 0.4) is 0 Å². The molecule has 0 aromatic heterocycles. The Morgan fingerprint density at radius 1 is 1.47 bits per heavy atom. The lowest BCUT2D eigenvalue weighted by molar-refractivity contribution is -0.0168. The van der Waals surface area contributed by atoms with Crippen LogP contribution in [0, 0.1) is 5.92 Å². The highest BCUT2D eigenvalue weighted by Gasteiger charge is 2.29. The molecule has 1 saturated heterocycles. The van der Waals surface area contributed by atoms with Gasteiger partial charge in [-0.15, -0.1) is 0 Å². The van der Waals surface area contributed by atoms with Crippen molar-refractivity contribution in [2.75, 3.05) is 39.2 Å². The van der Waals surface area contributed by atoms with Crippen LogP contribution >= 0.6 is 0 Å². The summed E-state index contributed by atoms with van der Waals surface area (Å²) in [7, 11) is -1.49. The Morgan fingerprint density at radius 2 is 2.18 bits per heavy atom. The molecule has 1 unspecified atom stereocenters. The van der Waals surface area contributed by atoms with Gasteiger partial charge in [-0.05, 0) is 12.3 Å². The number of hydrogen-bond acceptors (Lipinski definition) is 4. The molecule has 5 nitrogen and oxygen atoms in total. The molecular weight excluding hydrogens is 242 g/mol. The van der Waals surface area contributed by atoms with Gasteiger partial charge in [0.05, 0.1) is 18.5 Å². The molecule has 1 aliphatic rings. The van der Waals surface area contributed by atoms with Crippen LogP contribution in [0.15, 0.2) is 0 Å². The van der Waals surface area contributed by atoms with E-state index < -0.39 is 10.0 Å². The summed E-state index contributed by atoms with van der Waals surface area (Å²) in [6.07, 6.45) is 0.704. The molecule has 0 spiro atoms. The first-order valence-electron chi connectivity index (χ1n) is 6.04. The quantitative estimate of drug-likeness (QED) is 0.710. The van der Waals surface area contributed by atoms with Crippen LogP contribution in [0.4, 0.5) is 0 Å².